The summed E-state index contributed by atoms with van der Waals surface area (Å²) in [5.41, 5.74) is 1.26. The second-order valence-electron chi connectivity index (χ2n) is 4.40. The Morgan fingerprint density at radius 3 is 2.40 bits per heavy atom. The Kier molecular flexibility index (Phi) is 2.81. The molecule has 0 amide bonds. The fraction of sp³-hybridized carbons (Fsp3) is 0.462. The van der Waals surface area contributed by atoms with E-state index in [1.165, 1.54) is 5.56 Å². The molecule has 0 bridgehead atoms. The molecular weight excluding hydrogens is 188 g/mol. The van der Waals surface area contributed by atoms with Crippen LogP contribution in [0, 0.1) is 6.92 Å². The van der Waals surface area contributed by atoms with Crippen molar-refractivity contribution in [2.45, 2.75) is 38.3 Å². The standard InChI is InChI=1S/C13H17O2/c1-10-12(15-13(2,3)14-10)9-11-7-5-4-6-8-11/h4-8,10,12H,1,9H2,2-3H3/t10-,12-/m1/s1. The SMILES string of the molecule is [CH2][C@H]1OC(C)(C)O[C@@H]1Cc1ccccc1. The van der Waals surface area contributed by atoms with Gasteiger partial charge in [-0.2, -0.15) is 0 Å². The first kappa shape index (κ1) is 10.7. The molecular formula is C13H17O2. The summed E-state index contributed by atoms with van der Waals surface area (Å²) >= 11 is 0. The van der Waals surface area contributed by atoms with Crippen LogP contribution in [-0.4, -0.2) is 18.0 Å². The average Bonchev–Trinajstić information content (AvgIpc) is 2.41. The zero-order chi connectivity index (χ0) is 10.9. The van der Waals surface area contributed by atoms with Gasteiger partial charge in [-0.3, -0.25) is 0 Å². The van der Waals surface area contributed by atoms with E-state index in [0.29, 0.717) is 0 Å². The monoisotopic (exact) mass is 205 g/mol. The van der Waals surface area contributed by atoms with Gasteiger partial charge < -0.3 is 9.47 Å². The third kappa shape index (κ3) is 2.58. The van der Waals surface area contributed by atoms with E-state index in [1.54, 1.807) is 0 Å². The van der Waals surface area contributed by atoms with Crippen LogP contribution in [0.25, 0.3) is 0 Å². The third-order valence-electron chi connectivity index (χ3n) is 2.56. The summed E-state index contributed by atoms with van der Waals surface area (Å²) in [4.78, 5) is 0. The molecule has 0 aliphatic carbocycles. The maximum absolute atomic E-state index is 5.78. The van der Waals surface area contributed by atoms with Crippen LogP contribution >= 0.6 is 0 Å². The van der Waals surface area contributed by atoms with Gasteiger partial charge in [0.2, 0.25) is 0 Å². The topological polar surface area (TPSA) is 18.5 Å². The molecule has 1 radical (unpaired) electrons. The van der Waals surface area contributed by atoms with Crippen molar-refractivity contribution >= 4 is 0 Å². The van der Waals surface area contributed by atoms with Crippen molar-refractivity contribution in [2.24, 2.45) is 0 Å². The van der Waals surface area contributed by atoms with Crippen molar-refractivity contribution in [3.05, 3.63) is 42.8 Å². The van der Waals surface area contributed by atoms with Gasteiger partial charge in [0.1, 0.15) is 0 Å². The van der Waals surface area contributed by atoms with Crippen molar-refractivity contribution in [2.75, 3.05) is 0 Å². The molecule has 0 saturated carbocycles. The van der Waals surface area contributed by atoms with E-state index < -0.39 is 5.79 Å². The Balaban J connectivity index is 2.02. The summed E-state index contributed by atoms with van der Waals surface area (Å²) in [6, 6.07) is 10.3. The number of hydrogen-bond acceptors (Lipinski definition) is 2. The quantitative estimate of drug-likeness (QED) is 0.738. The van der Waals surface area contributed by atoms with Gasteiger partial charge in [-0.25, -0.2) is 0 Å². The summed E-state index contributed by atoms with van der Waals surface area (Å²) in [7, 11) is 0. The van der Waals surface area contributed by atoms with Crippen LogP contribution in [0.3, 0.4) is 0 Å². The molecule has 81 valence electrons. The number of benzene rings is 1. The lowest BCUT2D eigenvalue weighted by molar-refractivity contribution is -0.142. The first-order chi connectivity index (χ1) is 7.07. The largest absolute Gasteiger partial charge is 0.345 e. The minimum atomic E-state index is -0.494. The third-order valence-corrected chi connectivity index (χ3v) is 2.56. The smallest absolute Gasteiger partial charge is 0.163 e. The molecule has 0 N–H and O–H groups in total. The van der Waals surface area contributed by atoms with Gasteiger partial charge in [-0.15, -0.1) is 0 Å². The second-order valence-corrected chi connectivity index (χ2v) is 4.40. The van der Waals surface area contributed by atoms with Crippen LogP contribution in [0.5, 0.6) is 0 Å². The predicted octanol–water partition coefficient (Wildman–Crippen LogP) is 2.58. The summed E-state index contributed by atoms with van der Waals surface area (Å²) in [6.45, 7) is 7.82. The van der Waals surface area contributed by atoms with Crippen molar-refractivity contribution in [1.82, 2.24) is 0 Å². The van der Waals surface area contributed by atoms with Crippen LogP contribution < -0.4 is 0 Å². The van der Waals surface area contributed by atoms with E-state index in [0.717, 1.165) is 6.42 Å². The highest BCUT2D eigenvalue weighted by molar-refractivity contribution is 5.16. The molecule has 0 unspecified atom stereocenters. The van der Waals surface area contributed by atoms with Crippen molar-refractivity contribution in [3.63, 3.8) is 0 Å². The van der Waals surface area contributed by atoms with Gasteiger partial charge in [0.05, 0.1) is 12.2 Å². The molecule has 2 rings (SSSR count). The van der Waals surface area contributed by atoms with Gasteiger partial charge in [0, 0.05) is 6.42 Å². The highest BCUT2D eigenvalue weighted by atomic mass is 16.7. The summed E-state index contributed by atoms with van der Waals surface area (Å²) < 4.78 is 11.4. The average molecular weight is 205 g/mol. The van der Waals surface area contributed by atoms with Crippen molar-refractivity contribution in [1.29, 1.82) is 0 Å². The van der Waals surface area contributed by atoms with Gasteiger partial charge in [0.15, 0.2) is 5.79 Å². The fourth-order valence-electron chi connectivity index (χ4n) is 1.93. The summed E-state index contributed by atoms with van der Waals surface area (Å²) in [6.07, 6.45) is 0.834. The van der Waals surface area contributed by atoms with Crippen molar-refractivity contribution < 1.29 is 9.47 Å². The van der Waals surface area contributed by atoms with Crippen LogP contribution in [0.2, 0.25) is 0 Å². The fourth-order valence-corrected chi connectivity index (χ4v) is 1.93. The van der Waals surface area contributed by atoms with Gasteiger partial charge in [-0.05, 0) is 26.3 Å². The maximum atomic E-state index is 5.78. The highest BCUT2D eigenvalue weighted by Gasteiger charge is 2.38. The van der Waals surface area contributed by atoms with Crippen LogP contribution in [0.1, 0.15) is 19.4 Å². The predicted molar refractivity (Wildman–Crippen MR) is 59.3 cm³/mol. The zero-order valence-corrected chi connectivity index (χ0v) is 9.27. The molecule has 1 heterocycles. The Bertz CT molecular complexity index is 319. The lowest BCUT2D eigenvalue weighted by atomic mass is 10.1. The lowest BCUT2D eigenvalue weighted by Gasteiger charge is -2.16. The molecule has 2 atom stereocenters. The normalized spacial score (nSPS) is 29.3. The first-order valence-electron chi connectivity index (χ1n) is 5.29. The molecule has 2 nitrogen and oxygen atoms in total. The van der Waals surface area contributed by atoms with E-state index in [4.69, 9.17) is 9.47 Å². The van der Waals surface area contributed by atoms with E-state index >= 15 is 0 Å². The molecule has 1 saturated heterocycles. The minimum absolute atomic E-state index is 0.0578. The second kappa shape index (κ2) is 3.95. The minimum Gasteiger partial charge on any atom is -0.345 e. The van der Waals surface area contributed by atoms with Crippen LogP contribution in [-0.2, 0) is 15.9 Å². The highest BCUT2D eigenvalue weighted by Crippen LogP contribution is 2.29. The lowest BCUT2D eigenvalue weighted by Crippen LogP contribution is -2.23. The van der Waals surface area contributed by atoms with Gasteiger partial charge >= 0.3 is 0 Å². The molecule has 1 aromatic rings. The molecule has 2 heteroatoms. The molecule has 1 aliphatic rings. The molecule has 15 heavy (non-hydrogen) atoms. The van der Waals surface area contributed by atoms with Crippen LogP contribution in [0.4, 0.5) is 0 Å². The molecule has 0 spiro atoms. The molecule has 0 aromatic heterocycles. The maximum Gasteiger partial charge on any atom is 0.163 e. The Morgan fingerprint density at radius 2 is 1.87 bits per heavy atom. The van der Waals surface area contributed by atoms with Gasteiger partial charge in [0.25, 0.3) is 0 Å². The number of ether oxygens (including phenoxy) is 2. The Morgan fingerprint density at radius 1 is 1.20 bits per heavy atom. The number of rotatable bonds is 2. The van der Waals surface area contributed by atoms with Crippen LogP contribution in [0.15, 0.2) is 30.3 Å². The van der Waals surface area contributed by atoms with Gasteiger partial charge in [-0.1, -0.05) is 30.3 Å². The zero-order valence-electron chi connectivity index (χ0n) is 9.27. The number of hydrogen-bond donors (Lipinski definition) is 0. The Labute approximate surface area is 91.2 Å². The molecule has 1 aromatic carbocycles. The first-order valence-corrected chi connectivity index (χ1v) is 5.29. The van der Waals surface area contributed by atoms with E-state index in [1.807, 2.05) is 32.0 Å². The Hall–Kier alpha value is -0.860. The summed E-state index contributed by atoms with van der Waals surface area (Å²) in [5, 5.41) is 0. The summed E-state index contributed by atoms with van der Waals surface area (Å²) in [5.74, 6) is -0.494. The molecule has 1 aliphatic heterocycles. The van der Waals surface area contributed by atoms with E-state index in [9.17, 15) is 0 Å². The van der Waals surface area contributed by atoms with E-state index in [2.05, 4.69) is 19.1 Å². The van der Waals surface area contributed by atoms with Crippen molar-refractivity contribution in [3.8, 4) is 0 Å². The van der Waals surface area contributed by atoms with E-state index in [-0.39, 0.29) is 12.2 Å². The molecule has 1 fully saturated rings.